The molecular weight excluding hydrogens is 372 g/mol. The van der Waals surface area contributed by atoms with Gasteiger partial charge in [-0.3, -0.25) is 10.1 Å². The molecule has 0 N–H and O–H groups in total. The lowest BCUT2D eigenvalue weighted by atomic mass is 10.2. The van der Waals surface area contributed by atoms with Gasteiger partial charge >= 0.3 is 0 Å². The van der Waals surface area contributed by atoms with Gasteiger partial charge in [0.1, 0.15) is 6.61 Å². The Balaban J connectivity index is 2.05. The third-order valence-corrected chi connectivity index (χ3v) is 4.06. The largest absolute Gasteiger partial charge is 0.493 e. The number of ether oxygens (including phenoxy) is 2. The fraction of sp³-hybridized carbons (Fsp3) is 0.316. The number of hydrogen-bond acceptors (Lipinski definition) is 6. The van der Waals surface area contributed by atoms with Gasteiger partial charge < -0.3 is 14.3 Å². The number of non-ortho nitro benzene ring substituents is 1. The molecule has 0 fully saturated rings. The van der Waals surface area contributed by atoms with Gasteiger partial charge in [-0.15, -0.1) is 0 Å². The molecule has 8 heteroatoms. The minimum atomic E-state index is -0.454. The first-order chi connectivity index (χ1) is 12.9. The maximum absolute atomic E-state index is 10.8. The third-order valence-electron chi connectivity index (χ3n) is 3.77. The highest BCUT2D eigenvalue weighted by Gasteiger charge is 2.14. The molecule has 0 amide bonds. The first kappa shape index (κ1) is 20.5. The number of nitrogens with zero attached hydrogens (tertiary/aromatic N) is 2. The SMILES string of the molecule is CC[C@@H](C)Oc1c(Cl)cc(/C=N\OCc2cccc([N+](=O)[O-])c2)cc1OC. The van der Waals surface area contributed by atoms with Crippen molar-refractivity contribution in [2.75, 3.05) is 7.11 Å². The maximum Gasteiger partial charge on any atom is 0.269 e. The lowest BCUT2D eigenvalue weighted by Gasteiger charge is -2.17. The van der Waals surface area contributed by atoms with Gasteiger partial charge in [-0.2, -0.15) is 0 Å². The molecule has 0 spiro atoms. The number of methoxy groups -OCH3 is 1. The van der Waals surface area contributed by atoms with Gasteiger partial charge in [-0.25, -0.2) is 0 Å². The Morgan fingerprint density at radius 1 is 1.33 bits per heavy atom. The number of nitro groups is 1. The Morgan fingerprint density at radius 3 is 2.78 bits per heavy atom. The summed E-state index contributed by atoms with van der Waals surface area (Å²) in [7, 11) is 1.54. The van der Waals surface area contributed by atoms with E-state index in [4.69, 9.17) is 25.9 Å². The monoisotopic (exact) mass is 392 g/mol. The Kier molecular flexibility index (Phi) is 7.43. The Morgan fingerprint density at radius 2 is 2.11 bits per heavy atom. The molecule has 0 bridgehead atoms. The van der Waals surface area contributed by atoms with E-state index in [2.05, 4.69) is 5.16 Å². The quantitative estimate of drug-likeness (QED) is 0.341. The van der Waals surface area contributed by atoms with Crippen LogP contribution < -0.4 is 9.47 Å². The molecule has 1 atom stereocenters. The van der Waals surface area contributed by atoms with E-state index < -0.39 is 4.92 Å². The van der Waals surface area contributed by atoms with Crippen LogP contribution in [0.25, 0.3) is 0 Å². The first-order valence-corrected chi connectivity index (χ1v) is 8.75. The van der Waals surface area contributed by atoms with Gasteiger partial charge in [0, 0.05) is 17.7 Å². The average Bonchev–Trinajstić information content (AvgIpc) is 2.66. The molecule has 144 valence electrons. The zero-order valence-electron chi connectivity index (χ0n) is 15.3. The number of oxime groups is 1. The molecule has 27 heavy (non-hydrogen) atoms. The third kappa shape index (κ3) is 5.86. The number of nitro benzene ring substituents is 1. The van der Waals surface area contributed by atoms with Crippen molar-refractivity contribution in [1.82, 2.24) is 0 Å². The lowest BCUT2D eigenvalue weighted by molar-refractivity contribution is -0.384. The minimum Gasteiger partial charge on any atom is -0.493 e. The lowest BCUT2D eigenvalue weighted by Crippen LogP contribution is -2.11. The predicted octanol–water partition coefficient (Wildman–Crippen LogP) is 4.98. The molecule has 2 rings (SSSR count). The smallest absolute Gasteiger partial charge is 0.269 e. The van der Waals surface area contributed by atoms with Crippen LogP contribution >= 0.6 is 11.6 Å². The summed E-state index contributed by atoms with van der Waals surface area (Å²) in [6.45, 7) is 4.08. The predicted molar refractivity (Wildman–Crippen MR) is 104 cm³/mol. The van der Waals surface area contributed by atoms with Crippen molar-refractivity contribution < 1.29 is 19.2 Å². The summed E-state index contributed by atoms with van der Waals surface area (Å²) in [6, 6.07) is 9.62. The zero-order valence-corrected chi connectivity index (χ0v) is 16.1. The maximum atomic E-state index is 10.8. The molecule has 0 aromatic heterocycles. The number of halogens is 1. The number of rotatable bonds is 9. The summed E-state index contributed by atoms with van der Waals surface area (Å²) in [5, 5.41) is 15.1. The summed E-state index contributed by atoms with van der Waals surface area (Å²) in [4.78, 5) is 15.5. The second-order valence-electron chi connectivity index (χ2n) is 5.81. The van der Waals surface area contributed by atoms with E-state index in [1.54, 1.807) is 24.3 Å². The van der Waals surface area contributed by atoms with Crippen molar-refractivity contribution >= 4 is 23.5 Å². The van der Waals surface area contributed by atoms with Crippen molar-refractivity contribution in [3.63, 3.8) is 0 Å². The highest BCUT2D eigenvalue weighted by Crippen LogP contribution is 2.37. The van der Waals surface area contributed by atoms with Crippen molar-refractivity contribution in [2.45, 2.75) is 33.0 Å². The van der Waals surface area contributed by atoms with Crippen LogP contribution in [-0.4, -0.2) is 24.4 Å². The standard InChI is InChI=1S/C19H21ClN2O5/c1-4-13(2)27-19-17(20)9-15(10-18(19)25-3)11-21-26-12-14-6-5-7-16(8-14)22(23)24/h5-11,13H,4,12H2,1-3H3/b21-11-/t13-/m1/s1. The van der Waals surface area contributed by atoms with Gasteiger partial charge in [-0.05, 0) is 31.0 Å². The molecule has 0 aliphatic rings. The van der Waals surface area contributed by atoms with Gasteiger partial charge in [0.25, 0.3) is 5.69 Å². The van der Waals surface area contributed by atoms with Gasteiger partial charge in [-0.1, -0.05) is 35.8 Å². The molecule has 0 saturated heterocycles. The highest BCUT2D eigenvalue weighted by atomic mass is 35.5. The van der Waals surface area contributed by atoms with E-state index in [1.807, 2.05) is 13.8 Å². The zero-order chi connectivity index (χ0) is 19.8. The van der Waals surface area contributed by atoms with Crippen LogP contribution in [0.5, 0.6) is 11.5 Å². The average molecular weight is 393 g/mol. The van der Waals surface area contributed by atoms with E-state index in [1.165, 1.54) is 25.5 Å². The summed E-state index contributed by atoms with van der Waals surface area (Å²) >= 11 is 6.30. The van der Waals surface area contributed by atoms with Crippen LogP contribution in [0.3, 0.4) is 0 Å². The van der Waals surface area contributed by atoms with Crippen LogP contribution in [0.1, 0.15) is 31.4 Å². The normalized spacial score (nSPS) is 12.0. The van der Waals surface area contributed by atoms with E-state index in [0.29, 0.717) is 27.6 Å². The van der Waals surface area contributed by atoms with Gasteiger partial charge in [0.15, 0.2) is 11.5 Å². The second-order valence-corrected chi connectivity index (χ2v) is 6.21. The first-order valence-electron chi connectivity index (χ1n) is 8.37. The molecule has 0 unspecified atom stereocenters. The van der Waals surface area contributed by atoms with E-state index in [9.17, 15) is 10.1 Å². The van der Waals surface area contributed by atoms with E-state index in [-0.39, 0.29) is 18.4 Å². The topological polar surface area (TPSA) is 83.2 Å². The van der Waals surface area contributed by atoms with Crippen LogP contribution in [0.15, 0.2) is 41.6 Å². The molecule has 2 aromatic rings. The second kappa shape index (κ2) is 9.78. The summed E-state index contributed by atoms with van der Waals surface area (Å²) in [6.07, 6.45) is 2.33. The molecule has 2 aromatic carbocycles. The van der Waals surface area contributed by atoms with E-state index in [0.717, 1.165) is 6.42 Å². The van der Waals surface area contributed by atoms with Gasteiger partial charge in [0.2, 0.25) is 0 Å². The van der Waals surface area contributed by atoms with Crippen LogP contribution in [0.2, 0.25) is 5.02 Å². The Hall–Kier alpha value is -2.80. The minimum absolute atomic E-state index is 0.00786. The van der Waals surface area contributed by atoms with Crippen LogP contribution in [0.4, 0.5) is 5.69 Å². The fourth-order valence-corrected chi connectivity index (χ4v) is 2.45. The molecule has 0 aliphatic heterocycles. The summed E-state index contributed by atoms with van der Waals surface area (Å²) in [5.41, 5.74) is 1.33. The number of benzene rings is 2. The summed E-state index contributed by atoms with van der Waals surface area (Å²) in [5.74, 6) is 0.992. The molecule has 0 aliphatic carbocycles. The number of hydrogen-bond donors (Lipinski definition) is 0. The van der Waals surface area contributed by atoms with Crippen molar-refractivity contribution in [1.29, 1.82) is 0 Å². The van der Waals surface area contributed by atoms with Crippen molar-refractivity contribution in [3.8, 4) is 11.5 Å². The molecule has 0 radical (unpaired) electrons. The van der Waals surface area contributed by atoms with Crippen LogP contribution in [0, 0.1) is 10.1 Å². The van der Waals surface area contributed by atoms with E-state index >= 15 is 0 Å². The van der Waals surface area contributed by atoms with Gasteiger partial charge in [0.05, 0.1) is 29.4 Å². The Bertz CT molecular complexity index is 826. The molecule has 0 saturated carbocycles. The van der Waals surface area contributed by atoms with Crippen molar-refractivity contribution in [3.05, 3.63) is 62.7 Å². The highest BCUT2D eigenvalue weighted by molar-refractivity contribution is 6.32. The van der Waals surface area contributed by atoms with Crippen LogP contribution in [-0.2, 0) is 11.4 Å². The van der Waals surface area contributed by atoms with Crippen molar-refractivity contribution in [2.24, 2.45) is 5.16 Å². The molecular formula is C19H21ClN2O5. The summed E-state index contributed by atoms with van der Waals surface area (Å²) < 4.78 is 11.1. The Labute approximate surface area is 162 Å². The fourth-order valence-electron chi connectivity index (χ4n) is 2.18. The molecule has 0 heterocycles. The molecule has 7 nitrogen and oxygen atoms in total.